The Morgan fingerprint density at radius 1 is 1.04 bits per heavy atom. The Morgan fingerprint density at radius 2 is 1.79 bits per heavy atom. The van der Waals surface area contributed by atoms with Gasteiger partial charge in [0.2, 0.25) is 0 Å². The van der Waals surface area contributed by atoms with E-state index in [1.54, 1.807) is 14.2 Å². The first-order valence-electron chi connectivity index (χ1n) is 10.1. The Morgan fingerprint density at radius 3 is 2.46 bits per heavy atom. The van der Waals surface area contributed by atoms with Crippen LogP contribution in [0.4, 0.5) is 0 Å². The zero-order chi connectivity index (χ0) is 19.5. The number of nitrogens with zero attached hydrogens (tertiary/aromatic N) is 6. The van der Waals surface area contributed by atoms with Gasteiger partial charge in [-0.15, -0.1) is 5.10 Å². The third-order valence-corrected chi connectivity index (χ3v) is 6.06. The fraction of sp³-hybridized carbons (Fsp3) is 0.650. The third-order valence-electron chi connectivity index (χ3n) is 6.06. The highest BCUT2D eigenvalue weighted by molar-refractivity contribution is 5.49. The Hall–Kier alpha value is -2.19. The van der Waals surface area contributed by atoms with Crippen molar-refractivity contribution in [1.82, 2.24) is 30.0 Å². The number of methoxy groups -OCH3 is 2. The van der Waals surface area contributed by atoms with Crippen LogP contribution in [-0.2, 0) is 0 Å². The number of likely N-dealkylation sites (N-methyl/N-ethyl adjacent to an activating group) is 1. The van der Waals surface area contributed by atoms with Gasteiger partial charge in [-0.2, -0.15) is 0 Å². The molecule has 0 spiro atoms. The number of hydrogen-bond donors (Lipinski definition) is 0. The van der Waals surface area contributed by atoms with Gasteiger partial charge in [-0.05, 0) is 36.4 Å². The number of piperazine rings is 1. The summed E-state index contributed by atoms with van der Waals surface area (Å²) >= 11 is 0. The van der Waals surface area contributed by atoms with Crippen LogP contribution in [0.15, 0.2) is 18.2 Å². The zero-order valence-electron chi connectivity index (χ0n) is 17.0. The summed E-state index contributed by atoms with van der Waals surface area (Å²) in [5, 5.41) is 13.0. The number of tetrazole rings is 1. The molecule has 8 nitrogen and oxygen atoms in total. The van der Waals surface area contributed by atoms with Gasteiger partial charge in [0.15, 0.2) is 17.3 Å². The minimum Gasteiger partial charge on any atom is -0.493 e. The van der Waals surface area contributed by atoms with E-state index in [0.29, 0.717) is 6.04 Å². The molecule has 1 aliphatic carbocycles. The molecule has 1 aromatic carbocycles. The molecule has 0 unspecified atom stereocenters. The average Bonchev–Trinajstić information content (AvgIpc) is 3.41. The number of aromatic nitrogens is 4. The van der Waals surface area contributed by atoms with Gasteiger partial charge < -0.3 is 14.4 Å². The molecular formula is C20H30N6O2. The minimum atomic E-state index is -0.0608. The van der Waals surface area contributed by atoms with E-state index in [4.69, 9.17) is 9.47 Å². The second-order valence-electron chi connectivity index (χ2n) is 7.74. The maximum absolute atomic E-state index is 5.78. The topological polar surface area (TPSA) is 68.5 Å². The molecule has 152 valence electrons. The Kier molecular flexibility index (Phi) is 5.77. The second-order valence-corrected chi connectivity index (χ2v) is 7.74. The molecule has 1 atom stereocenters. The van der Waals surface area contributed by atoms with E-state index < -0.39 is 0 Å². The molecule has 4 rings (SSSR count). The van der Waals surface area contributed by atoms with Crippen LogP contribution in [0.5, 0.6) is 11.5 Å². The van der Waals surface area contributed by atoms with Gasteiger partial charge >= 0.3 is 0 Å². The highest BCUT2D eigenvalue weighted by Crippen LogP contribution is 2.41. The molecule has 1 saturated heterocycles. The van der Waals surface area contributed by atoms with Gasteiger partial charge in [-0.1, -0.05) is 25.0 Å². The molecule has 28 heavy (non-hydrogen) atoms. The zero-order valence-corrected chi connectivity index (χ0v) is 17.0. The fourth-order valence-electron chi connectivity index (χ4n) is 4.50. The van der Waals surface area contributed by atoms with Crippen LogP contribution in [0.2, 0.25) is 0 Å². The summed E-state index contributed by atoms with van der Waals surface area (Å²) in [5.74, 6) is 2.40. The van der Waals surface area contributed by atoms with Crippen molar-refractivity contribution in [2.75, 3.05) is 47.4 Å². The summed E-state index contributed by atoms with van der Waals surface area (Å²) in [6.45, 7) is 3.96. The molecule has 2 aliphatic rings. The fourth-order valence-corrected chi connectivity index (χ4v) is 4.50. The van der Waals surface area contributed by atoms with E-state index in [1.165, 1.54) is 12.8 Å². The van der Waals surface area contributed by atoms with E-state index in [1.807, 2.05) is 12.1 Å². The van der Waals surface area contributed by atoms with Crippen molar-refractivity contribution < 1.29 is 9.47 Å². The molecule has 1 aromatic heterocycles. The summed E-state index contributed by atoms with van der Waals surface area (Å²) in [6, 6.07) is 6.39. The summed E-state index contributed by atoms with van der Waals surface area (Å²) < 4.78 is 13.4. The second kappa shape index (κ2) is 8.45. The molecule has 8 heteroatoms. The van der Waals surface area contributed by atoms with Gasteiger partial charge in [-0.3, -0.25) is 4.90 Å². The average molecular weight is 387 g/mol. The number of rotatable bonds is 6. The predicted molar refractivity (Wildman–Crippen MR) is 106 cm³/mol. The first kappa shape index (κ1) is 19.1. The first-order valence-corrected chi connectivity index (χ1v) is 10.1. The van der Waals surface area contributed by atoms with Crippen molar-refractivity contribution in [3.05, 3.63) is 29.6 Å². The number of ether oxygens (including phenoxy) is 2. The Bertz CT molecular complexity index is 781. The monoisotopic (exact) mass is 386 g/mol. The summed E-state index contributed by atoms with van der Waals surface area (Å²) in [5.41, 5.74) is 1.06. The lowest BCUT2D eigenvalue weighted by Gasteiger charge is -2.38. The summed E-state index contributed by atoms with van der Waals surface area (Å²) in [7, 11) is 5.54. The maximum atomic E-state index is 5.78. The molecule has 1 saturated carbocycles. The summed E-state index contributed by atoms with van der Waals surface area (Å²) in [6.07, 6.45) is 4.77. The van der Waals surface area contributed by atoms with Gasteiger partial charge in [0.1, 0.15) is 6.04 Å². The van der Waals surface area contributed by atoms with Crippen molar-refractivity contribution in [1.29, 1.82) is 0 Å². The molecule has 0 amide bonds. The normalized spacial score (nSPS) is 20.4. The largest absolute Gasteiger partial charge is 0.493 e. The van der Waals surface area contributed by atoms with Gasteiger partial charge in [0.05, 0.1) is 20.3 Å². The molecule has 0 bridgehead atoms. The van der Waals surface area contributed by atoms with E-state index in [2.05, 4.69) is 43.1 Å². The van der Waals surface area contributed by atoms with Crippen LogP contribution in [-0.4, -0.2) is 77.5 Å². The number of benzene rings is 1. The SMILES string of the molecule is COc1cccc([C@@H](c2nnnn2C2CCCC2)N2CCN(C)CC2)c1OC. The molecular weight excluding hydrogens is 356 g/mol. The van der Waals surface area contributed by atoms with E-state index in [0.717, 1.165) is 61.9 Å². The third kappa shape index (κ3) is 3.58. The molecule has 2 fully saturated rings. The summed E-state index contributed by atoms with van der Waals surface area (Å²) in [4.78, 5) is 4.82. The van der Waals surface area contributed by atoms with Crippen LogP contribution in [0.1, 0.15) is 49.2 Å². The minimum absolute atomic E-state index is 0.0608. The lowest BCUT2D eigenvalue weighted by atomic mass is 10.0. The molecule has 2 aromatic rings. The highest BCUT2D eigenvalue weighted by Gasteiger charge is 2.34. The standard InChI is InChI=1S/C20H30N6O2/c1-24-11-13-25(14-12-24)18(16-9-6-10-17(27-2)19(16)28-3)20-21-22-23-26(20)15-7-4-5-8-15/h6,9-10,15,18H,4-5,7-8,11-14H2,1-3H3/t18-/m0/s1. The molecule has 2 heterocycles. The lowest BCUT2D eigenvalue weighted by Crippen LogP contribution is -2.47. The number of para-hydroxylation sites is 1. The van der Waals surface area contributed by atoms with Crippen LogP contribution in [0.3, 0.4) is 0 Å². The predicted octanol–water partition coefficient (Wildman–Crippen LogP) is 2.14. The van der Waals surface area contributed by atoms with Crippen LogP contribution < -0.4 is 9.47 Å². The van der Waals surface area contributed by atoms with E-state index in [-0.39, 0.29) is 6.04 Å². The Labute approximate surface area is 166 Å². The van der Waals surface area contributed by atoms with Gasteiger partial charge in [-0.25, -0.2) is 4.68 Å². The van der Waals surface area contributed by atoms with Crippen LogP contribution >= 0.6 is 0 Å². The number of hydrogen-bond acceptors (Lipinski definition) is 7. The van der Waals surface area contributed by atoms with Crippen LogP contribution in [0.25, 0.3) is 0 Å². The van der Waals surface area contributed by atoms with Crippen molar-refractivity contribution in [3.63, 3.8) is 0 Å². The molecule has 0 N–H and O–H groups in total. The van der Waals surface area contributed by atoms with Gasteiger partial charge in [0, 0.05) is 31.7 Å². The van der Waals surface area contributed by atoms with Crippen molar-refractivity contribution in [2.45, 2.75) is 37.8 Å². The Balaban J connectivity index is 1.79. The van der Waals surface area contributed by atoms with Crippen LogP contribution in [0, 0.1) is 0 Å². The van der Waals surface area contributed by atoms with E-state index >= 15 is 0 Å². The smallest absolute Gasteiger partial charge is 0.173 e. The lowest BCUT2D eigenvalue weighted by molar-refractivity contribution is 0.119. The highest BCUT2D eigenvalue weighted by atomic mass is 16.5. The maximum Gasteiger partial charge on any atom is 0.173 e. The van der Waals surface area contributed by atoms with Gasteiger partial charge in [0.25, 0.3) is 0 Å². The van der Waals surface area contributed by atoms with Crippen molar-refractivity contribution >= 4 is 0 Å². The first-order chi connectivity index (χ1) is 13.7. The molecule has 0 radical (unpaired) electrons. The van der Waals surface area contributed by atoms with E-state index in [9.17, 15) is 0 Å². The van der Waals surface area contributed by atoms with Crippen molar-refractivity contribution in [2.24, 2.45) is 0 Å². The van der Waals surface area contributed by atoms with Crippen molar-refractivity contribution in [3.8, 4) is 11.5 Å². The quantitative estimate of drug-likeness (QED) is 0.753. The molecule has 1 aliphatic heterocycles.